The van der Waals surface area contributed by atoms with E-state index in [4.69, 9.17) is 25.8 Å². The van der Waals surface area contributed by atoms with Crippen LogP contribution in [0.5, 0.6) is 28.9 Å². The van der Waals surface area contributed by atoms with E-state index < -0.39 is 0 Å². The Bertz CT molecular complexity index is 1090. The molecule has 0 saturated heterocycles. The van der Waals surface area contributed by atoms with Crippen LogP contribution in [0.25, 0.3) is 0 Å². The summed E-state index contributed by atoms with van der Waals surface area (Å²) in [6, 6.07) is 8.39. The van der Waals surface area contributed by atoms with E-state index in [0.717, 1.165) is 0 Å². The van der Waals surface area contributed by atoms with Crippen molar-refractivity contribution in [1.29, 1.82) is 0 Å². The lowest BCUT2D eigenvalue weighted by Gasteiger charge is -2.14. The smallest absolute Gasteiger partial charge is 0.250 e. The maximum absolute atomic E-state index is 10.00. The second-order valence-corrected chi connectivity index (χ2v) is 6.15. The summed E-state index contributed by atoms with van der Waals surface area (Å²) in [7, 11) is 2.99. The molecule has 0 radical (unpaired) electrons. The number of phenols is 1. The SMILES string of the molecule is COc1cc2c(cc1O)C=Nc1c(Nc3cccc(Cl)c3OC)ncnc1O2. The van der Waals surface area contributed by atoms with Gasteiger partial charge in [-0.25, -0.2) is 9.98 Å². The number of hydrogen-bond donors (Lipinski definition) is 2. The zero-order valence-electron chi connectivity index (χ0n) is 14.9. The largest absolute Gasteiger partial charge is 0.504 e. The van der Waals surface area contributed by atoms with Crippen molar-refractivity contribution in [3.05, 3.63) is 47.2 Å². The molecule has 1 aromatic heterocycles. The molecule has 1 aliphatic heterocycles. The first-order valence-electron chi connectivity index (χ1n) is 8.18. The van der Waals surface area contributed by atoms with Crippen molar-refractivity contribution in [3.63, 3.8) is 0 Å². The third-order valence-electron chi connectivity index (χ3n) is 4.06. The third kappa shape index (κ3) is 3.14. The van der Waals surface area contributed by atoms with E-state index in [0.29, 0.717) is 39.3 Å². The van der Waals surface area contributed by atoms with E-state index in [1.807, 2.05) is 0 Å². The van der Waals surface area contributed by atoms with Crippen LogP contribution < -0.4 is 19.5 Å². The summed E-state index contributed by atoms with van der Waals surface area (Å²) >= 11 is 6.18. The van der Waals surface area contributed by atoms with Crippen LogP contribution in [-0.4, -0.2) is 35.5 Å². The standard InChI is InChI=1S/C19H15ClN4O4/c1-26-15-7-14-10(6-13(15)25)8-21-16-18(22-9-23-19(16)28-14)24-12-5-3-4-11(20)17(12)27-2/h3-9,25H,1-2H3,(H,22,23,24). The Morgan fingerprint density at radius 1 is 1.14 bits per heavy atom. The molecule has 0 aliphatic carbocycles. The Balaban J connectivity index is 1.76. The van der Waals surface area contributed by atoms with E-state index in [1.165, 1.54) is 26.6 Å². The highest BCUT2D eigenvalue weighted by atomic mass is 35.5. The Hall–Kier alpha value is -3.52. The molecule has 0 amide bonds. The lowest BCUT2D eigenvalue weighted by atomic mass is 10.2. The molecule has 0 fully saturated rings. The molecule has 142 valence electrons. The van der Waals surface area contributed by atoms with Gasteiger partial charge in [-0.05, 0) is 18.2 Å². The number of anilines is 2. The molecule has 2 heterocycles. The number of fused-ring (bicyclic) bond motifs is 2. The first-order chi connectivity index (χ1) is 13.6. The number of nitrogens with zero attached hydrogens (tertiary/aromatic N) is 3. The Morgan fingerprint density at radius 2 is 2.00 bits per heavy atom. The van der Waals surface area contributed by atoms with Crippen LogP contribution in [0.15, 0.2) is 41.7 Å². The number of ether oxygens (including phenoxy) is 3. The number of nitrogens with one attached hydrogen (secondary N) is 1. The van der Waals surface area contributed by atoms with Crippen LogP contribution in [0, 0.1) is 0 Å². The highest BCUT2D eigenvalue weighted by Crippen LogP contribution is 2.43. The third-order valence-corrected chi connectivity index (χ3v) is 4.36. The van der Waals surface area contributed by atoms with Crippen LogP contribution in [0.2, 0.25) is 5.02 Å². The Morgan fingerprint density at radius 3 is 2.79 bits per heavy atom. The van der Waals surface area contributed by atoms with Gasteiger partial charge in [0.15, 0.2) is 28.8 Å². The lowest BCUT2D eigenvalue weighted by molar-refractivity contribution is 0.369. The summed E-state index contributed by atoms with van der Waals surface area (Å²) in [6.07, 6.45) is 2.92. The van der Waals surface area contributed by atoms with Crippen molar-refractivity contribution in [2.75, 3.05) is 19.5 Å². The number of hydrogen-bond acceptors (Lipinski definition) is 8. The fourth-order valence-electron chi connectivity index (χ4n) is 2.74. The molecule has 4 rings (SSSR count). The molecular formula is C19H15ClN4O4. The van der Waals surface area contributed by atoms with Gasteiger partial charge >= 0.3 is 0 Å². The Kier molecular flexibility index (Phi) is 4.62. The van der Waals surface area contributed by atoms with E-state index in [9.17, 15) is 5.11 Å². The number of para-hydroxylation sites is 1. The molecule has 2 N–H and O–H groups in total. The van der Waals surface area contributed by atoms with Gasteiger partial charge in [0.1, 0.15) is 12.1 Å². The number of aliphatic imine (C=N–C) groups is 1. The van der Waals surface area contributed by atoms with Gasteiger partial charge < -0.3 is 24.6 Å². The molecule has 0 spiro atoms. The minimum Gasteiger partial charge on any atom is -0.504 e. The average Bonchev–Trinajstić information content (AvgIpc) is 2.87. The van der Waals surface area contributed by atoms with Gasteiger partial charge in [-0.15, -0.1) is 0 Å². The molecule has 28 heavy (non-hydrogen) atoms. The molecule has 1 aliphatic rings. The minimum atomic E-state index is -0.0182. The number of rotatable bonds is 4. The van der Waals surface area contributed by atoms with Crippen LogP contribution >= 0.6 is 11.6 Å². The zero-order chi connectivity index (χ0) is 19.7. The number of methoxy groups -OCH3 is 2. The van der Waals surface area contributed by atoms with Crippen molar-refractivity contribution >= 4 is 35.0 Å². The summed E-state index contributed by atoms with van der Waals surface area (Å²) in [5.74, 6) is 1.85. The van der Waals surface area contributed by atoms with E-state index in [2.05, 4.69) is 20.3 Å². The van der Waals surface area contributed by atoms with Crippen molar-refractivity contribution < 1.29 is 19.3 Å². The number of halogens is 1. The van der Waals surface area contributed by atoms with Crippen molar-refractivity contribution in [3.8, 4) is 28.9 Å². The summed E-state index contributed by atoms with van der Waals surface area (Å²) in [5, 5.41) is 13.6. The lowest BCUT2D eigenvalue weighted by Crippen LogP contribution is -1.99. The van der Waals surface area contributed by atoms with Gasteiger partial charge in [-0.2, -0.15) is 4.98 Å². The molecule has 2 aromatic carbocycles. The number of aromatic nitrogens is 2. The van der Waals surface area contributed by atoms with E-state index >= 15 is 0 Å². The highest BCUT2D eigenvalue weighted by molar-refractivity contribution is 6.32. The normalized spacial score (nSPS) is 11.7. The van der Waals surface area contributed by atoms with Gasteiger partial charge in [-0.1, -0.05) is 17.7 Å². The van der Waals surface area contributed by atoms with Gasteiger partial charge in [0.25, 0.3) is 5.88 Å². The Labute approximate surface area is 165 Å². The van der Waals surface area contributed by atoms with Crippen LogP contribution in [0.3, 0.4) is 0 Å². The molecule has 0 unspecified atom stereocenters. The topological polar surface area (TPSA) is 98.1 Å². The van der Waals surface area contributed by atoms with Crippen molar-refractivity contribution in [1.82, 2.24) is 9.97 Å². The summed E-state index contributed by atoms with van der Waals surface area (Å²) < 4.78 is 16.4. The summed E-state index contributed by atoms with van der Waals surface area (Å²) in [6.45, 7) is 0. The second-order valence-electron chi connectivity index (χ2n) is 5.74. The zero-order valence-corrected chi connectivity index (χ0v) is 15.7. The number of benzene rings is 2. The van der Waals surface area contributed by atoms with E-state index in [1.54, 1.807) is 30.5 Å². The molecule has 0 saturated carbocycles. The van der Waals surface area contributed by atoms with E-state index in [-0.39, 0.29) is 17.4 Å². The molecule has 9 heteroatoms. The fraction of sp³-hybridized carbons (Fsp3) is 0.105. The highest BCUT2D eigenvalue weighted by Gasteiger charge is 2.20. The molecule has 0 atom stereocenters. The average molecular weight is 399 g/mol. The number of phenolic OH excluding ortho intramolecular Hbond substituents is 1. The quantitative estimate of drug-likeness (QED) is 0.523. The molecular weight excluding hydrogens is 384 g/mol. The summed E-state index contributed by atoms with van der Waals surface area (Å²) in [5.41, 5.74) is 1.58. The number of aromatic hydroxyl groups is 1. The van der Waals surface area contributed by atoms with Gasteiger partial charge in [-0.3, -0.25) is 0 Å². The van der Waals surface area contributed by atoms with Crippen molar-refractivity contribution in [2.45, 2.75) is 0 Å². The van der Waals surface area contributed by atoms with Crippen LogP contribution in [0.1, 0.15) is 5.56 Å². The first kappa shape index (κ1) is 17.9. The van der Waals surface area contributed by atoms with Gasteiger partial charge in [0.05, 0.1) is 24.9 Å². The molecule has 3 aromatic rings. The monoisotopic (exact) mass is 398 g/mol. The van der Waals surface area contributed by atoms with Crippen LogP contribution in [0.4, 0.5) is 17.2 Å². The van der Waals surface area contributed by atoms with Crippen molar-refractivity contribution in [2.24, 2.45) is 4.99 Å². The maximum atomic E-state index is 10.00. The molecule has 8 nitrogen and oxygen atoms in total. The first-order valence-corrected chi connectivity index (χ1v) is 8.56. The predicted octanol–water partition coefficient (Wildman–Crippen LogP) is 4.45. The maximum Gasteiger partial charge on any atom is 0.250 e. The molecule has 0 bridgehead atoms. The van der Waals surface area contributed by atoms with Gasteiger partial charge in [0.2, 0.25) is 0 Å². The second kappa shape index (κ2) is 7.24. The predicted molar refractivity (Wildman–Crippen MR) is 105 cm³/mol. The fourth-order valence-corrected chi connectivity index (χ4v) is 3.00. The summed E-state index contributed by atoms with van der Waals surface area (Å²) in [4.78, 5) is 12.9. The van der Waals surface area contributed by atoms with Crippen LogP contribution in [-0.2, 0) is 0 Å². The van der Waals surface area contributed by atoms with Gasteiger partial charge in [0, 0.05) is 17.8 Å². The minimum absolute atomic E-state index is 0.0182.